The average molecular weight is 247 g/mol. The van der Waals surface area contributed by atoms with Gasteiger partial charge in [0.1, 0.15) is 11.5 Å². The molecule has 1 aromatic rings. The molecule has 0 saturated heterocycles. The van der Waals surface area contributed by atoms with Crippen molar-refractivity contribution in [3.05, 3.63) is 29.8 Å². The zero-order valence-electron chi connectivity index (χ0n) is 10.1. The van der Waals surface area contributed by atoms with E-state index < -0.39 is 0 Å². The Morgan fingerprint density at radius 2 is 2.00 bits per heavy atom. The number of amides is 1. The normalized spacial score (nSPS) is 16.2. The second-order valence-electron chi connectivity index (χ2n) is 4.57. The zero-order chi connectivity index (χ0) is 13.0. The monoisotopic (exact) mass is 247 g/mol. The Morgan fingerprint density at radius 3 is 2.67 bits per heavy atom. The van der Waals surface area contributed by atoms with Crippen molar-refractivity contribution in [2.75, 3.05) is 0 Å². The molecule has 4 heteroatoms. The smallest absolute Gasteiger partial charge is 0.244 e. The highest BCUT2D eigenvalue weighted by molar-refractivity contribution is 5.92. The predicted molar refractivity (Wildman–Crippen MR) is 69.2 cm³/mol. The van der Waals surface area contributed by atoms with Crippen LogP contribution in [0.4, 0.5) is 0 Å². The molecule has 4 nitrogen and oxygen atoms in total. The standard InChI is InChI=1S/C14H17NO3/c16-12-7-5-10(13(17)9-12)6-8-14(18)15-11-3-1-2-4-11/h5-9,11,16-17H,1-4H2,(H,15,18)/b8-6+. The van der Waals surface area contributed by atoms with E-state index >= 15 is 0 Å². The number of rotatable bonds is 3. The SMILES string of the molecule is O=C(/C=C/c1ccc(O)cc1O)NC1CCCC1. The zero-order valence-corrected chi connectivity index (χ0v) is 10.1. The Balaban J connectivity index is 1.94. The van der Waals surface area contributed by atoms with E-state index in [4.69, 9.17) is 5.11 Å². The van der Waals surface area contributed by atoms with Crippen LogP contribution in [0.25, 0.3) is 6.08 Å². The average Bonchev–Trinajstić information content (AvgIpc) is 2.80. The number of carbonyl (C=O) groups is 1. The number of hydrogen-bond acceptors (Lipinski definition) is 3. The number of aromatic hydroxyl groups is 2. The minimum atomic E-state index is -0.144. The molecule has 2 rings (SSSR count). The summed E-state index contributed by atoms with van der Waals surface area (Å²) in [6, 6.07) is 4.56. The van der Waals surface area contributed by atoms with E-state index in [-0.39, 0.29) is 23.4 Å². The van der Waals surface area contributed by atoms with Crippen LogP contribution in [0, 0.1) is 0 Å². The van der Waals surface area contributed by atoms with Gasteiger partial charge in [-0.25, -0.2) is 0 Å². The van der Waals surface area contributed by atoms with Crippen LogP contribution in [0.2, 0.25) is 0 Å². The Morgan fingerprint density at radius 1 is 1.28 bits per heavy atom. The van der Waals surface area contributed by atoms with E-state index in [1.807, 2.05) is 0 Å². The summed E-state index contributed by atoms with van der Waals surface area (Å²) in [6.07, 6.45) is 7.39. The largest absolute Gasteiger partial charge is 0.508 e. The molecule has 1 aliphatic rings. The first kappa shape index (κ1) is 12.5. The number of carbonyl (C=O) groups excluding carboxylic acids is 1. The summed E-state index contributed by atoms with van der Waals surface area (Å²) in [6.45, 7) is 0. The molecule has 3 N–H and O–H groups in total. The number of hydrogen-bond donors (Lipinski definition) is 3. The maximum absolute atomic E-state index is 11.6. The van der Waals surface area contributed by atoms with Crippen molar-refractivity contribution < 1.29 is 15.0 Å². The van der Waals surface area contributed by atoms with E-state index in [0.717, 1.165) is 12.8 Å². The van der Waals surface area contributed by atoms with Gasteiger partial charge in [0, 0.05) is 23.7 Å². The fourth-order valence-electron chi connectivity index (χ4n) is 2.16. The van der Waals surface area contributed by atoms with E-state index in [0.29, 0.717) is 5.56 Å². The topological polar surface area (TPSA) is 69.6 Å². The first-order chi connectivity index (χ1) is 8.65. The maximum Gasteiger partial charge on any atom is 0.244 e. The van der Waals surface area contributed by atoms with Crippen LogP contribution in [-0.2, 0) is 4.79 Å². The summed E-state index contributed by atoms with van der Waals surface area (Å²) < 4.78 is 0. The summed E-state index contributed by atoms with van der Waals surface area (Å²) in [5, 5.41) is 21.6. The lowest BCUT2D eigenvalue weighted by Crippen LogP contribution is -2.30. The second-order valence-corrected chi connectivity index (χ2v) is 4.57. The van der Waals surface area contributed by atoms with Crippen LogP contribution in [0.5, 0.6) is 11.5 Å². The van der Waals surface area contributed by atoms with Crippen molar-refractivity contribution in [1.82, 2.24) is 5.32 Å². The van der Waals surface area contributed by atoms with Crippen molar-refractivity contribution >= 4 is 12.0 Å². The molecule has 0 spiro atoms. The minimum Gasteiger partial charge on any atom is -0.508 e. The lowest BCUT2D eigenvalue weighted by Gasteiger charge is -2.09. The second kappa shape index (κ2) is 5.58. The molecule has 0 aromatic heterocycles. The van der Waals surface area contributed by atoms with Crippen molar-refractivity contribution in [3.63, 3.8) is 0 Å². The van der Waals surface area contributed by atoms with E-state index in [2.05, 4.69) is 5.32 Å². The fourth-order valence-corrected chi connectivity index (χ4v) is 2.16. The Labute approximate surface area is 106 Å². The van der Waals surface area contributed by atoms with Crippen LogP contribution in [-0.4, -0.2) is 22.2 Å². The highest BCUT2D eigenvalue weighted by Gasteiger charge is 2.15. The third-order valence-electron chi connectivity index (χ3n) is 3.13. The van der Waals surface area contributed by atoms with Gasteiger partial charge in [0.15, 0.2) is 0 Å². The third kappa shape index (κ3) is 3.26. The van der Waals surface area contributed by atoms with Gasteiger partial charge in [-0.2, -0.15) is 0 Å². The number of benzene rings is 1. The Kier molecular flexibility index (Phi) is 3.87. The molecule has 0 radical (unpaired) electrons. The van der Waals surface area contributed by atoms with E-state index in [1.165, 1.54) is 31.1 Å². The highest BCUT2D eigenvalue weighted by atomic mass is 16.3. The number of phenols is 2. The van der Waals surface area contributed by atoms with Crippen molar-refractivity contribution in [2.24, 2.45) is 0 Å². The molecule has 0 unspecified atom stereocenters. The van der Waals surface area contributed by atoms with Gasteiger partial charge in [0.2, 0.25) is 5.91 Å². The van der Waals surface area contributed by atoms with Crippen LogP contribution in [0.15, 0.2) is 24.3 Å². The molecule has 0 heterocycles. The maximum atomic E-state index is 11.6. The van der Waals surface area contributed by atoms with Crippen LogP contribution >= 0.6 is 0 Å². The van der Waals surface area contributed by atoms with Gasteiger partial charge in [-0.15, -0.1) is 0 Å². The van der Waals surface area contributed by atoms with Crippen LogP contribution in [0.1, 0.15) is 31.2 Å². The Bertz CT molecular complexity index is 462. The quantitative estimate of drug-likeness (QED) is 0.717. The van der Waals surface area contributed by atoms with Crippen LogP contribution < -0.4 is 5.32 Å². The van der Waals surface area contributed by atoms with Gasteiger partial charge in [0.25, 0.3) is 0 Å². The van der Waals surface area contributed by atoms with Gasteiger partial charge in [-0.05, 0) is 31.1 Å². The van der Waals surface area contributed by atoms with Crippen molar-refractivity contribution in [1.29, 1.82) is 0 Å². The predicted octanol–water partition coefficient (Wildman–Crippen LogP) is 2.17. The molecule has 0 bridgehead atoms. The summed E-state index contributed by atoms with van der Waals surface area (Å²) in [5.74, 6) is -0.186. The lowest BCUT2D eigenvalue weighted by molar-refractivity contribution is -0.117. The van der Waals surface area contributed by atoms with E-state index in [1.54, 1.807) is 12.1 Å². The van der Waals surface area contributed by atoms with E-state index in [9.17, 15) is 9.90 Å². The molecule has 1 fully saturated rings. The Hall–Kier alpha value is -1.97. The van der Waals surface area contributed by atoms with Gasteiger partial charge in [-0.3, -0.25) is 4.79 Å². The summed E-state index contributed by atoms with van der Waals surface area (Å²) in [4.78, 5) is 11.6. The van der Waals surface area contributed by atoms with Gasteiger partial charge < -0.3 is 15.5 Å². The van der Waals surface area contributed by atoms with Gasteiger partial charge >= 0.3 is 0 Å². The van der Waals surface area contributed by atoms with Crippen LogP contribution in [0.3, 0.4) is 0 Å². The molecule has 1 saturated carbocycles. The van der Waals surface area contributed by atoms with Gasteiger partial charge in [0.05, 0.1) is 0 Å². The molecule has 1 amide bonds. The fraction of sp³-hybridized carbons (Fsp3) is 0.357. The molecular formula is C14H17NO3. The van der Waals surface area contributed by atoms with Crippen molar-refractivity contribution in [3.8, 4) is 11.5 Å². The number of phenolic OH excluding ortho intramolecular Hbond substituents is 2. The molecule has 96 valence electrons. The minimum absolute atomic E-state index is 0.0000529. The summed E-state index contributed by atoms with van der Waals surface area (Å²) in [5.41, 5.74) is 0.509. The highest BCUT2D eigenvalue weighted by Crippen LogP contribution is 2.23. The summed E-state index contributed by atoms with van der Waals surface area (Å²) >= 11 is 0. The molecule has 18 heavy (non-hydrogen) atoms. The first-order valence-electron chi connectivity index (χ1n) is 6.16. The molecule has 0 atom stereocenters. The van der Waals surface area contributed by atoms with Crippen molar-refractivity contribution in [2.45, 2.75) is 31.7 Å². The first-order valence-corrected chi connectivity index (χ1v) is 6.16. The number of nitrogens with one attached hydrogen (secondary N) is 1. The molecule has 1 aliphatic carbocycles. The van der Waals surface area contributed by atoms with Gasteiger partial charge in [-0.1, -0.05) is 12.8 Å². The molecule has 1 aromatic carbocycles. The summed E-state index contributed by atoms with van der Waals surface area (Å²) in [7, 11) is 0. The molecular weight excluding hydrogens is 230 g/mol. The third-order valence-corrected chi connectivity index (χ3v) is 3.13. The lowest BCUT2D eigenvalue weighted by atomic mass is 10.1. The molecule has 0 aliphatic heterocycles.